The molecule has 0 aliphatic rings. The second-order valence-electron chi connectivity index (χ2n) is 2.97. The highest BCUT2D eigenvalue weighted by molar-refractivity contribution is 6.20. The number of phenols is 1. The fraction of sp³-hybridized carbons (Fsp3) is 0.300. The van der Waals surface area contributed by atoms with E-state index in [1.165, 1.54) is 12.1 Å². The minimum atomic E-state index is -0.175. The van der Waals surface area contributed by atoms with Crippen molar-refractivity contribution in [3.63, 3.8) is 0 Å². The lowest BCUT2D eigenvalue weighted by atomic mass is 10.0. The van der Waals surface area contributed by atoms with Crippen LogP contribution in [0.5, 0.6) is 5.75 Å². The summed E-state index contributed by atoms with van der Waals surface area (Å²) in [5.41, 5.74) is 0.589. The molecule has 1 atom stereocenters. The Morgan fingerprint density at radius 1 is 1.46 bits per heavy atom. The molecule has 0 aromatic heterocycles. The second-order valence-corrected chi connectivity index (χ2v) is 3.28. The average Bonchev–Trinajstić information content (AvgIpc) is 2.17. The zero-order valence-electron chi connectivity index (χ0n) is 7.33. The van der Waals surface area contributed by atoms with Crippen LogP contribution in [-0.4, -0.2) is 16.8 Å². The van der Waals surface area contributed by atoms with Gasteiger partial charge in [0.2, 0.25) is 0 Å². The van der Waals surface area contributed by atoms with Crippen LogP contribution < -0.4 is 0 Å². The normalized spacial score (nSPS) is 12.5. The van der Waals surface area contributed by atoms with E-state index in [2.05, 4.69) is 0 Å². The highest BCUT2D eigenvalue weighted by atomic mass is 35.5. The van der Waals surface area contributed by atoms with E-state index in [0.29, 0.717) is 11.4 Å². The number of ketones is 1. The third-order valence-corrected chi connectivity index (χ3v) is 2.29. The van der Waals surface area contributed by atoms with E-state index >= 15 is 0 Å². The first kappa shape index (κ1) is 10.1. The zero-order chi connectivity index (χ0) is 9.84. The molecule has 1 aromatic rings. The van der Waals surface area contributed by atoms with Crippen molar-refractivity contribution < 1.29 is 9.90 Å². The van der Waals surface area contributed by atoms with Crippen LogP contribution >= 0.6 is 11.6 Å². The average molecular weight is 199 g/mol. The van der Waals surface area contributed by atoms with Crippen LogP contribution in [0.3, 0.4) is 0 Å². The lowest BCUT2D eigenvalue weighted by Gasteiger charge is -2.05. The van der Waals surface area contributed by atoms with Crippen molar-refractivity contribution in [3.8, 4) is 5.75 Å². The van der Waals surface area contributed by atoms with Gasteiger partial charge in [0, 0.05) is 17.4 Å². The quantitative estimate of drug-likeness (QED) is 0.599. The summed E-state index contributed by atoms with van der Waals surface area (Å²) < 4.78 is 0. The number of hydrogen-bond acceptors (Lipinski definition) is 2. The van der Waals surface area contributed by atoms with Crippen LogP contribution in [0.1, 0.15) is 17.3 Å². The fourth-order valence-electron chi connectivity index (χ4n) is 0.980. The summed E-state index contributed by atoms with van der Waals surface area (Å²) in [5, 5.41) is 9.00. The number of benzene rings is 1. The zero-order valence-corrected chi connectivity index (χ0v) is 8.08. The Morgan fingerprint density at radius 2 is 2.00 bits per heavy atom. The SMILES string of the molecule is CC(CCl)C(=O)c1ccc(O)cc1. The van der Waals surface area contributed by atoms with Gasteiger partial charge in [-0.1, -0.05) is 6.92 Å². The van der Waals surface area contributed by atoms with E-state index in [4.69, 9.17) is 16.7 Å². The Bertz CT molecular complexity index is 292. The van der Waals surface area contributed by atoms with Crippen molar-refractivity contribution in [2.45, 2.75) is 6.92 Å². The Balaban J connectivity index is 2.83. The van der Waals surface area contributed by atoms with Crippen LogP contribution in [0.15, 0.2) is 24.3 Å². The highest BCUT2D eigenvalue weighted by Gasteiger charge is 2.13. The first-order chi connectivity index (χ1) is 6.15. The van der Waals surface area contributed by atoms with Gasteiger partial charge in [0.15, 0.2) is 5.78 Å². The summed E-state index contributed by atoms with van der Waals surface area (Å²) in [4.78, 5) is 11.5. The highest BCUT2D eigenvalue weighted by Crippen LogP contribution is 2.14. The largest absolute Gasteiger partial charge is 0.508 e. The van der Waals surface area contributed by atoms with Gasteiger partial charge in [0.05, 0.1) is 0 Å². The molecule has 1 N–H and O–H groups in total. The first-order valence-corrected chi connectivity index (χ1v) is 4.58. The molecule has 0 heterocycles. The fourth-order valence-corrected chi connectivity index (χ4v) is 1.12. The molecule has 1 unspecified atom stereocenters. The van der Waals surface area contributed by atoms with Crippen molar-refractivity contribution in [2.75, 3.05) is 5.88 Å². The van der Waals surface area contributed by atoms with Gasteiger partial charge in [-0.15, -0.1) is 11.6 Å². The molecular weight excluding hydrogens is 188 g/mol. The molecule has 0 fully saturated rings. The number of rotatable bonds is 3. The van der Waals surface area contributed by atoms with Crippen molar-refractivity contribution in [2.24, 2.45) is 5.92 Å². The van der Waals surface area contributed by atoms with Crippen LogP contribution in [0.25, 0.3) is 0 Å². The van der Waals surface area contributed by atoms with Crippen LogP contribution in [0.2, 0.25) is 0 Å². The number of alkyl halides is 1. The van der Waals surface area contributed by atoms with E-state index in [9.17, 15) is 4.79 Å². The van der Waals surface area contributed by atoms with E-state index in [1.807, 2.05) is 0 Å². The molecule has 13 heavy (non-hydrogen) atoms. The molecular formula is C10H11ClO2. The second kappa shape index (κ2) is 4.28. The molecule has 0 bridgehead atoms. The number of Topliss-reactive ketones (excluding diaryl/α,β-unsaturated/α-hetero) is 1. The molecule has 0 saturated carbocycles. The van der Waals surface area contributed by atoms with Crippen molar-refractivity contribution in [1.82, 2.24) is 0 Å². The molecule has 0 saturated heterocycles. The number of aromatic hydroxyl groups is 1. The predicted octanol–water partition coefficient (Wildman–Crippen LogP) is 2.45. The molecule has 2 nitrogen and oxygen atoms in total. The van der Waals surface area contributed by atoms with Crippen molar-refractivity contribution in [3.05, 3.63) is 29.8 Å². The van der Waals surface area contributed by atoms with Gasteiger partial charge in [-0.25, -0.2) is 0 Å². The van der Waals surface area contributed by atoms with Crippen LogP contribution in [-0.2, 0) is 0 Å². The maximum Gasteiger partial charge on any atom is 0.166 e. The number of carbonyl (C=O) groups is 1. The standard InChI is InChI=1S/C10H11ClO2/c1-7(6-11)10(13)8-2-4-9(12)5-3-8/h2-5,7,12H,6H2,1H3. The molecule has 0 aliphatic carbocycles. The first-order valence-electron chi connectivity index (χ1n) is 4.04. The topological polar surface area (TPSA) is 37.3 Å². The van der Waals surface area contributed by atoms with Gasteiger partial charge < -0.3 is 5.11 Å². The number of halogens is 1. The van der Waals surface area contributed by atoms with Gasteiger partial charge >= 0.3 is 0 Å². The summed E-state index contributed by atoms with van der Waals surface area (Å²) in [6.07, 6.45) is 0. The van der Waals surface area contributed by atoms with E-state index < -0.39 is 0 Å². The van der Waals surface area contributed by atoms with Crippen LogP contribution in [0.4, 0.5) is 0 Å². The maximum atomic E-state index is 11.5. The Hall–Kier alpha value is -1.02. The third kappa shape index (κ3) is 2.46. The third-order valence-electron chi connectivity index (χ3n) is 1.83. The predicted molar refractivity (Wildman–Crippen MR) is 52.3 cm³/mol. The van der Waals surface area contributed by atoms with E-state index in [-0.39, 0.29) is 17.5 Å². The lowest BCUT2D eigenvalue weighted by Crippen LogP contribution is -2.12. The van der Waals surface area contributed by atoms with Crippen molar-refractivity contribution >= 4 is 17.4 Å². The summed E-state index contributed by atoms with van der Waals surface area (Å²) in [5.74, 6) is 0.316. The maximum absolute atomic E-state index is 11.5. The monoisotopic (exact) mass is 198 g/mol. The molecule has 0 spiro atoms. The number of carbonyl (C=O) groups excluding carboxylic acids is 1. The Labute approximate surface area is 82.2 Å². The minimum absolute atomic E-state index is 0.00926. The van der Waals surface area contributed by atoms with Gasteiger partial charge in [-0.2, -0.15) is 0 Å². The Morgan fingerprint density at radius 3 is 2.46 bits per heavy atom. The minimum Gasteiger partial charge on any atom is -0.508 e. The Kier molecular flexibility index (Phi) is 3.32. The molecule has 1 aromatic carbocycles. The van der Waals surface area contributed by atoms with Crippen LogP contribution in [0, 0.1) is 5.92 Å². The van der Waals surface area contributed by atoms with Gasteiger partial charge in [-0.05, 0) is 24.3 Å². The summed E-state index contributed by atoms with van der Waals surface area (Å²) in [6, 6.07) is 6.18. The van der Waals surface area contributed by atoms with Gasteiger partial charge in [-0.3, -0.25) is 4.79 Å². The van der Waals surface area contributed by atoms with Crippen molar-refractivity contribution in [1.29, 1.82) is 0 Å². The lowest BCUT2D eigenvalue weighted by molar-refractivity contribution is 0.0941. The molecule has 70 valence electrons. The molecule has 0 radical (unpaired) electrons. The smallest absolute Gasteiger partial charge is 0.166 e. The van der Waals surface area contributed by atoms with Gasteiger partial charge in [0.1, 0.15) is 5.75 Å². The summed E-state index contributed by atoms with van der Waals surface area (Å²) in [6.45, 7) is 1.78. The summed E-state index contributed by atoms with van der Waals surface area (Å²) in [7, 11) is 0. The van der Waals surface area contributed by atoms with E-state index in [0.717, 1.165) is 0 Å². The molecule has 1 rings (SSSR count). The van der Waals surface area contributed by atoms with Gasteiger partial charge in [0.25, 0.3) is 0 Å². The van der Waals surface area contributed by atoms with E-state index in [1.54, 1.807) is 19.1 Å². The number of phenolic OH excluding ortho intramolecular Hbond substituents is 1. The molecule has 0 amide bonds. The molecule has 3 heteroatoms. The number of hydrogen-bond donors (Lipinski definition) is 1. The summed E-state index contributed by atoms with van der Waals surface area (Å²) >= 11 is 5.56. The molecule has 0 aliphatic heterocycles.